The van der Waals surface area contributed by atoms with Crippen molar-refractivity contribution in [1.29, 1.82) is 5.26 Å². The van der Waals surface area contributed by atoms with E-state index in [0.29, 0.717) is 11.3 Å². The van der Waals surface area contributed by atoms with Crippen LogP contribution in [0.5, 0.6) is 0 Å². The van der Waals surface area contributed by atoms with Gasteiger partial charge in [0.25, 0.3) is 5.91 Å². The lowest BCUT2D eigenvalue weighted by Gasteiger charge is -2.22. The third kappa shape index (κ3) is 4.21. The molecule has 2 atom stereocenters. The van der Waals surface area contributed by atoms with Crippen molar-refractivity contribution in [2.24, 2.45) is 0 Å². The molecule has 0 spiro atoms. The Labute approximate surface area is 143 Å². The lowest BCUT2D eigenvalue weighted by molar-refractivity contribution is -0.907. The Balaban J connectivity index is 2.05. The second kappa shape index (κ2) is 7.76. The van der Waals surface area contributed by atoms with Crippen LogP contribution in [0, 0.1) is 25.2 Å². The summed E-state index contributed by atoms with van der Waals surface area (Å²) >= 11 is 0. The monoisotopic (exact) mass is 322 g/mol. The van der Waals surface area contributed by atoms with Gasteiger partial charge in [-0.05, 0) is 38.5 Å². The number of hydrogen-bond donors (Lipinski definition) is 2. The molecule has 0 aromatic heterocycles. The fourth-order valence-corrected chi connectivity index (χ4v) is 2.65. The molecule has 0 fully saturated rings. The number of nitriles is 1. The van der Waals surface area contributed by atoms with Crippen LogP contribution < -0.4 is 10.2 Å². The molecule has 0 aliphatic carbocycles. The molecule has 0 aliphatic rings. The van der Waals surface area contributed by atoms with Crippen molar-refractivity contribution >= 4 is 11.6 Å². The molecule has 2 N–H and O–H groups in total. The van der Waals surface area contributed by atoms with Gasteiger partial charge in [-0.1, -0.05) is 35.9 Å². The molecule has 1 unspecified atom stereocenters. The van der Waals surface area contributed by atoms with E-state index in [9.17, 15) is 4.79 Å². The van der Waals surface area contributed by atoms with Crippen LogP contribution in [-0.2, 0) is 11.3 Å². The second-order valence-corrected chi connectivity index (χ2v) is 6.32. The first-order chi connectivity index (χ1) is 11.4. The Morgan fingerprint density at radius 2 is 1.96 bits per heavy atom. The number of quaternary nitrogens is 1. The molecular formula is C20H24N3O+. The number of aryl methyl sites for hydroxylation is 2. The summed E-state index contributed by atoms with van der Waals surface area (Å²) in [6.45, 7) is 6.86. The van der Waals surface area contributed by atoms with Crippen LogP contribution in [0.1, 0.15) is 29.2 Å². The maximum Gasteiger partial charge on any atom is 0.282 e. The van der Waals surface area contributed by atoms with Gasteiger partial charge >= 0.3 is 0 Å². The van der Waals surface area contributed by atoms with E-state index in [0.717, 1.165) is 11.4 Å². The molecule has 0 radical (unpaired) electrons. The highest BCUT2D eigenvalue weighted by atomic mass is 16.2. The zero-order valence-electron chi connectivity index (χ0n) is 14.7. The number of benzene rings is 2. The maximum absolute atomic E-state index is 12.5. The number of nitrogens with one attached hydrogen (secondary N) is 2. The first-order valence-corrected chi connectivity index (χ1v) is 8.10. The van der Waals surface area contributed by atoms with Crippen molar-refractivity contribution in [2.45, 2.75) is 33.4 Å². The summed E-state index contributed by atoms with van der Waals surface area (Å²) in [5.41, 5.74) is 4.78. The molecule has 124 valence electrons. The van der Waals surface area contributed by atoms with Gasteiger partial charge in [0, 0.05) is 5.56 Å². The SMILES string of the molecule is Cc1ccc(C[NH+](C)[C@@H](C)C(=O)Nc2ccccc2C#N)c(C)c1. The highest BCUT2D eigenvalue weighted by molar-refractivity contribution is 5.94. The molecule has 0 bridgehead atoms. The highest BCUT2D eigenvalue weighted by Crippen LogP contribution is 2.13. The number of para-hydroxylation sites is 1. The lowest BCUT2D eigenvalue weighted by atomic mass is 10.0. The van der Waals surface area contributed by atoms with E-state index in [2.05, 4.69) is 43.4 Å². The van der Waals surface area contributed by atoms with E-state index in [1.165, 1.54) is 16.7 Å². The zero-order chi connectivity index (χ0) is 17.7. The maximum atomic E-state index is 12.5. The fraction of sp³-hybridized carbons (Fsp3) is 0.300. The van der Waals surface area contributed by atoms with Crippen LogP contribution in [-0.4, -0.2) is 19.0 Å². The molecule has 4 heteroatoms. The smallest absolute Gasteiger partial charge is 0.282 e. The standard InChI is InChI=1S/C20H23N3O/c1-14-9-10-18(15(2)11-14)13-23(4)16(3)20(24)22-19-8-6-5-7-17(19)12-21/h5-11,16H,13H2,1-4H3,(H,22,24)/p+1/t16-/m0/s1. The number of anilines is 1. The normalized spacial score (nSPS) is 13.0. The molecule has 4 nitrogen and oxygen atoms in total. The van der Waals surface area contributed by atoms with Crippen LogP contribution in [0.2, 0.25) is 0 Å². The minimum atomic E-state index is -0.225. The van der Waals surface area contributed by atoms with Crippen molar-refractivity contribution in [3.8, 4) is 6.07 Å². The quantitative estimate of drug-likeness (QED) is 0.887. The predicted molar refractivity (Wildman–Crippen MR) is 95.8 cm³/mol. The molecule has 1 amide bonds. The molecule has 2 aromatic rings. The number of likely N-dealkylation sites (N-methyl/N-ethyl adjacent to an activating group) is 1. The summed E-state index contributed by atoms with van der Waals surface area (Å²) < 4.78 is 0. The predicted octanol–water partition coefficient (Wildman–Crippen LogP) is 2.22. The average molecular weight is 322 g/mol. The number of carbonyl (C=O) groups excluding carboxylic acids is 1. The van der Waals surface area contributed by atoms with Crippen LogP contribution in [0.15, 0.2) is 42.5 Å². The van der Waals surface area contributed by atoms with Crippen LogP contribution >= 0.6 is 0 Å². The number of rotatable bonds is 5. The van der Waals surface area contributed by atoms with Crippen LogP contribution in [0.4, 0.5) is 5.69 Å². The van der Waals surface area contributed by atoms with Crippen molar-refractivity contribution < 1.29 is 9.69 Å². The summed E-state index contributed by atoms with van der Waals surface area (Å²) in [4.78, 5) is 13.6. The van der Waals surface area contributed by atoms with Gasteiger partial charge in [-0.25, -0.2) is 0 Å². The first-order valence-electron chi connectivity index (χ1n) is 8.10. The van der Waals surface area contributed by atoms with Gasteiger partial charge in [-0.2, -0.15) is 5.26 Å². The Morgan fingerprint density at radius 3 is 2.62 bits per heavy atom. The number of amides is 1. The van der Waals surface area contributed by atoms with E-state index in [4.69, 9.17) is 5.26 Å². The van der Waals surface area contributed by atoms with Crippen molar-refractivity contribution in [3.63, 3.8) is 0 Å². The van der Waals surface area contributed by atoms with E-state index in [1.807, 2.05) is 20.0 Å². The number of nitrogens with zero attached hydrogens (tertiary/aromatic N) is 1. The second-order valence-electron chi connectivity index (χ2n) is 6.32. The highest BCUT2D eigenvalue weighted by Gasteiger charge is 2.23. The van der Waals surface area contributed by atoms with Gasteiger partial charge in [-0.3, -0.25) is 4.79 Å². The van der Waals surface area contributed by atoms with Gasteiger partial charge in [0.1, 0.15) is 12.6 Å². The van der Waals surface area contributed by atoms with Gasteiger partial charge in [0.15, 0.2) is 6.04 Å². The number of carbonyl (C=O) groups is 1. The zero-order valence-corrected chi connectivity index (χ0v) is 14.7. The van der Waals surface area contributed by atoms with E-state index in [1.54, 1.807) is 18.2 Å². The molecule has 2 rings (SSSR count). The Hall–Kier alpha value is -2.64. The minimum absolute atomic E-state index is 0.0834. The van der Waals surface area contributed by atoms with E-state index in [-0.39, 0.29) is 11.9 Å². The Kier molecular flexibility index (Phi) is 5.73. The molecule has 0 saturated carbocycles. The third-order valence-corrected chi connectivity index (χ3v) is 4.41. The summed E-state index contributed by atoms with van der Waals surface area (Å²) in [5.74, 6) is -0.0834. The average Bonchev–Trinajstić information content (AvgIpc) is 2.57. The van der Waals surface area contributed by atoms with Gasteiger partial charge in [0.05, 0.1) is 18.3 Å². The molecule has 24 heavy (non-hydrogen) atoms. The lowest BCUT2D eigenvalue weighted by Crippen LogP contribution is -3.12. The molecule has 0 heterocycles. The van der Waals surface area contributed by atoms with Crippen molar-refractivity contribution in [2.75, 3.05) is 12.4 Å². The van der Waals surface area contributed by atoms with Gasteiger partial charge < -0.3 is 10.2 Å². The Bertz CT molecular complexity index is 777. The molecule has 0 saturated heterocycles. The van der Waals surface area contributed by atoms with Crippen LogP contribution in [0.25, 0.3) is 0 Å². The third-order valence-electron chi connectivity index (χ3n) is 4.41. The molecule has 0 aliphatic heterocycles. The minimum Gasteiger partial charge on any atom is -0.324 e. The van der Waals surface area contributed by atoms with Crippen molar-refractivity contribution in [3.05, 3.63) is 64.7 Å². The summed E-state index contributed by atoms with van der Waals surface area (Å²) in [6, 6.07) is 15.3. The summed E-state index contributed by atoms with van der Waals surface area (Å²) in [7, 11) is 2.01. The van der Waals surface area contributed by atoms with Crippen molar-refractivity contribution in [1.82, 2.24) is 0 Å². The topological polar surface area (TPSA) is 57.3 Å². The van der Waals surface area contributed by atoms with Crippen LogP contribution in [0.3, 0.4) is 0 Å². The molecule has 2 aromatic carbocycles. The Morgan fingerprint density at radius 1 is 1.25 bits per heavy atom. The number of hydrogen-bond acceptors (Lipinski definition) is 2. The largest absolute Gasteiger partial charge is 0.324 e. The first kappa shape index (κ1) is 17.7. The molecular weight excluding hydrogens is 298 g/mol. The summed E-state index contributed by atoms with van der Waals surface area (Å²) in [5, 5.41) is 12.0. The summed E-state index contributed by atoms with van der Waals surface area (Å²) in [6.07, 6.45) is 0. The van der Waals surface area contributed by atoms with E-state index < -0.39 is 0 Å². The fourth-order valence-electron chi connectivity index (χ4n) is 2.65. The van der Waals surface area contributed by atoms with Gasteiger partial charge in [0.2, 0.25) is 0 Å². The van der Waals surface area contributed by atoms with E-state index >= 15 is 0 Å². The van der Waals surface area contributed by atoms with Gasteiger partial charge in [-0.15, -0.1) is 0 Å².